The van der Waals surface area contributed by atoms with Crippen molar-refractivity contribution in [2.24, 2.45) is 7.05 Å². The van der Waals surface area contributed by atoms with Gasteiger partial charge in [-0.25, -0.2) is 4.68 Å². The van der Waals surface area contributed by atoms with Gasteiger partial charge in [-0.1, -0.05) is 40.0 Å². The third-order valence-electron chi connectivity index (χ3n) is 3.10. The molecule has 1 aromatic rings. The Morgan fingerprint density at radius 1 is 1.37 bits per heavy atom. The van der Waals surface area contributed by atoms with Crippen molar-refractivity contribution in [3.8, 4) is 0 Å². The zero-order valence-electron chi connectivity index (χ0n) is 12.3. The SMILES string of the molecule is CCCCCCNc1c([N+](=O)[O-])c(C(C)C)nn1C. The number of nitrogens with zero attached hydrogens (tertiary/aromatic N) is 3. The van der Waals surface area contributed by atoms with E-state index in [0.29, 0.717) is 11.5 Å². The Labute approximate surface area is 114 Å². The van der Waals surface area contributed by atoms with E-state index in [1.807, 2.05) is 13.8 Å². The highest BCUT2D eigenvalue weighted by molar-refractivity contribution is 5.60. The number of nitro groups is 1. The lowest BCUT2D eigenvalue weighted by Crippen LogP contribution is -2.08. The van der Waals surface area contributed by atoms with E-state index < -0.39 is 0 Å². The molecule has 0 atom stereocenters. The maximum atomic E-state index is 11.2. The molecule has 0 radical (unpaired) electrons. The van der Waals surface area contributed by atoms with Gasteiger partial charge in [-0.05, 0) is 6.42 Å². The topological polar surface area (TPSA) is 73.0 Å². The van der Waals surface area contributed by atoms with Gasteiger partial charge in [0.05, 0.1) is 4.92 Å². The molecule has 0 amide bonds. The zero-order valence-corrected chi connectivity index (χ0v) is 12.3. The third kappa shape index (κ3) is 3.94. The molecule has 6 nitrogen and oxygen atoms in total. The minimum atomic E-state index is -0.337. The van der Waals surface area contributed by atoms with Crippen LogP contribution in [0, 0.1) is 10.1 Å². The van der Waals surface area contributed by atoms with E-state index in [-0.39, 0.29) is 16.5 Å². The van der Waals surface area contributed by atoms with Gasteiger partial charge in [-0.15, -0.1) is 0 Å². The summed E-state index contributed by atoms with van der Waals surface area (Å²) in [4.78, 5) is 10.9. The lowest BCUT2D eigenvalue weighted by Gasteiger charge is -2.05. The molecular formula is C13H24N4O2. The summed E-state index contributed by atoms with van der Waals surface area (Å²) in [5, 5.41) is 18.6. The number of aryl methyl sites for hydroxylation is 1. The van der Waals surface area contributed by atoms with Gasteiger partial charge in [-0.3, -0.25) is 10.1 Å². The maximum absolute atomic E-state index is 11.2. The summed E-state index contributed by atoms with van der Waals surface area (Å²) in [6, 6.07) is 0. The summed E-state index contributed by atoms with van der Waals surface area (Å²) in [7, 11) is 1.74. The molecule has 108 valence electrons. The summed E-state index contributed by atoms with van der Waals surface area (Å²) in [6.07, 6.45) is 4.55. The highest BCUT2D eigenvalue weighted by atomic mass is 16.6. The minimum absolute atomic E-state index is 0.0437. The molecule has 19 heavy (non-hydrogen) atoms. The molecule has 0 bridgehead atoms. The van der Waals surface area contributed by atoms with Gasteiger partial charge in [-0.2, -0.15) is 5.10 Å². The van der Waals surface area contributed by atoms with E-state index in [4.69, 9.17) is 0 Å². The molecule has 1 heterocycles. The Hall–Kier alpha value is -1.59. The van der Waals surface area contributed by atoms with Gasteiger partial charge in [0, 0.05) is 19.5 Å². The molecular weight excluding hydrogens is 244 g/mol. The molecule has 0 aliphatic rings. The van der Waals surface area contributed by atoms with Crippen molar-refractivity contribution < 1.29 is 4.92 Å². The van der Waals surface area contributed by atoms with Gasteiger partial charge < -0.3 is 5.32 Å². The molecule has 0 aromatic carbocycles. The number of nitrogens with one attached hydrogen (secondary N) is 1. The molecule has 0 aliphatic carbocycles. The standard InChI is InChI=1S/C13H24N4O2/c1-5-6-7-8-9-14-13-12(17(18)19)11(10(2)3)15-16(13)4/h10,14H,5-9H2,1-4H3. The first-order chi connectivity index (χ1) is 8.99. The van der Waals surface area contributed by atoms with Crippen LogP contribution in [0.5, 0.6) is 0 Å². The Kier molecular flexibility index (Phi) is 5.79. The van der Waals surface area contributed by atoms with Crippen molar-refractivity contribution in [1.82, 2.24) is 9.78 Å². The second kappa shape index (κ2) is 7.11. The molecule has 0 spiro atoms. The van der Waals surface area contributed by atoms with E-state index >= 15 is 0 Å². The molecule has 0 aliphatic heterocycles. The molecule has 1 rings (SSSR count). The van der Waals surface area contributed by atoms with Gasteiger partial charge in [0.25, 0.3) is 0 Å². The molecule has 1 aromatic heterocycles. The van der Waals surface area contributed by atoms with Crippen LogP contribution in [0.15, 0.2) is 0 Å². The van der Waals surface area contributed by atoms with Crippen LogP contribution in [0.4, 0.5) is 11.5 Å². The fraction of sp³-hybridized carbons (Fsp3) is 0.769. The van der Waals surface area contributed by atoms with E-state index in [9.17, 15) is 10.1 Å². The normalized spacial score (nSPS) is 11.0. The maximum Gasteiger partial charge on any atom is 0.334 e. The number of rotatable bonds is 8. The van der Waals surface area contributed by atoms with E-state index in [2.05, 4.69) is 17.3 Å². The smallest absolute Gasteiger partial charge is 0.334 e. The van der Waals surface area contributed by atoms with Gasteiger partial charge >= 0.3 is 5.69 Å². The first-order valence-electron chi connectivity index (χ1n) is 6.94. The van der Waals surface area contributed by atoms with Gasteiger partial charge in [0.15, 0.2) is 0 Å². The predicted molar refractivity (Wildman–Crippen MR) is 76.6 cm³/mol. The number of hydrogen-bond acceptors (Lipinski definition) is 4. The summed E-state index contributed by atoms with van der Waals surface area (Å²) >= 11 is 0. The Bertz CT molecular complexity index is 427. The minimum Gasteiger partial charge on any atom is -0.365 e. The Balaban J connectivity index is 2.79. The van der Waals surface area contributed by atoms with Crippen LogP contribution < -0.4 is 5.32 Å². The van der Waals surface area contributed by atoms with Crippen molar-refractivity contribution in [2.75, 3.05) is 11.9 Å². The van der Waals surface area contributed by atoms with Crippen LogP contribution in [0.1, 0.15) is 58.1 Å². The Morgan fingerprint density at radius 2 is 2.05 bits per heavy atom. The highest BCUT2D eigenvalue weighted by Crippen LogP contribution is 2.32. The zero-order chi connectivity index (χ0) is 14.4. The lowest BCUT2D eigenvalue weighted by atomic mass is 10.1. The van der Waals surface area contributed by atoms with E-state index in [1.54, 1.807) is 11.7 Å². The fourth-order valence-corrected chi connectivity index (χ4v) is 2.06. The van der Waals surface area contributed by atoms with Gasteiger partial charge in [0.2, 0.25) is 5.82 Å². The van der Waals surface area contributed by atoms with E-state index in [1.165, 1.54) is 12.8 Å². The van der Waals surface area contributed by atoms with Crippen LogP contribution in [-0.4, -0.2) is 21.2 Å². The molecule has 0 fully saturated rings. The molecule has 0 saturated heterocycles. The highest BCUT2D eigenvalue weighted by Gasteiger charge is 2.27. The van der Waals surface area contributed by atoms with Crippen LogP contribution >= 0.6 is 0 Å². The van der Waals surface area contributed by atoms with E-state index in [0.717, 1.165) is 19.4 Å². The monoisotopic (exact) mass is 268 g/mol. The van der Waals surface area contributed by atoms with Crippen molar-refractivity contribution in [2.45, 2.75) is 52.4 Å². The summed E-state index contributed by atoms with van der Waals surface area (Å²) < 4.78 is 1.58. The Morgan fingerprint density at radius 3 is 2.58 bits per heavy atom. The molecule has 0 unspecified atom stereocenters. The predicted octanol–water partition coefficient (Wildman–Crippen LogP) is 3.44. The van der Waals surface area contributed by atoms with Crippen molar-refractivity contribution in [3.05, 3.63) is 15.8 Å². The first-order valence-corrected chi connectivity index (χ1v) is 6.94. The largest absolute Gasteiger partial charge is 0.365 e. The first kappa shape index (κ1) is 15.5. The number of aromatic nitrogens is 2. The summed E-state index contributed by atoms with van der Waals surface area (Å²) in [5.41, 5.74) is 0.663. The van der Waals surface area contributed by atoms with Crippen LogP contribution in [0.25, 0.3) is 0 Å². The molecule has 0 saturated carbocycles. The van der Waals surface area contributed by atoms with Crippen LogP contribution in [0.2, 0.25) is 0 Å². The van der Waals surface area contributed by atoms with Crippen LogP contribution in [-0.2, 0) is 7.05 Å². The average Bonchev–Trinajstić information content (AvgIpc) is 2.67. The average molecular weight is 268 g/mol. The van der Waals surface area contributed by atoms with Crippen molar-refractivity contribution >= 4 is 11.5 Å². The summed E-state index contributed by atoms with van der Waals surface area (Å²) in [6.45, 7) is 6.74. The van der Waals surface area contributed by atoms with Crippen LogP contribution in [0.3, 0.4) is 0 Å². The second-order valence-corrected chi connectivity index (χ2v) is 5.11. The van der Waals surface area contributed by atoms with Crippen molar-refractivity contribution in [3.63, 3.8) is 0 Å². The fourth-order valence-electron chi connectivity index (χ4n) is 2.06. The quantitative estimate of drug-likeness (QED) is 0.445. The number of hydrogen-bond donors (Lipinski definition) is 1. The number of unbranched alkanes of at least 4 members (excludes halogenated alkanes) is 3. The second-order valence-electron chi connectivity index (χ2n) is 5.11. The summed E-state index contributed by atoms with van der Waals surface area (Å²) in [5.74, 6) is 0.562. The van der Waals surface area contributed by atoms with Crippen molar-refractivity contribution in [1.29, 1.82) is 0 Å². The van der Waals surface area contributed by atoms with Gasteiger partial charge in [0.1, 0.15) is 5.69 Å². The third-order valence-corrected chi connectivity index (χ3v) is 3.10. The number of anilines is 1. The molecule has 6 heteroatoms. The molecule has 1 N–H and O–H groups in total. The lowest BCUT2D eigenvalue weighted by molar-refractivity contribution is -0.384.